The summed E-state index contributed by atoms with van der Waals surface area (Å²) in [7, 11) is 2.06. The third-order valence-electron chi connectivity index (χ3n) is 6.10. The van der Waals surface area contributed by atoms with Crippen LogP contribution in [0, 0.1) is 23.2 Å². The van der Waals surface area contributed by atoms with Crippen LogP contribution in [0.4, 0.5) is 0 Å². The van der Waals surface area contributed by atoms with E-state index in [0.717, 1.165) is 57.8 Å². The number of likely N-dealkylation sites (N-methyl/N-ethyl adjacent to an activating group) is 1. The number of rotatable bonds is 4. The normalized spacial score (nSPS) is 29.3. The molecule has 3 rings (SSSR count). The summed E-state index contributed by atoms with van der Waals surface area (Å²) in [5.41, 5.74) is 0.715. The van der Waals surface area contributed by atoms with Gasteiger partial charge in [0.25, 0.3) is 0 Å². The molecule has 1 N–H and O–H groups in total. The first-order valence-electron chi connectivity index (χ1n) is 10.1. The maximum absolute atomic E-state index is 11.8. The monoisotopic (exact) mass is 359 g/mol. The van der Waals surface area contributed by atoms with Gasteiger partial charge in [0.2, 0.25) is 5.91 Å². The highest BCUT2D eigenvalue weighted by molar-refractivity contribution is 5.79. The molecular formula is C21H33N3O2. The predicted molar refractivity (Wildman–Crippen MR) is 102 cm³/mol. The van der Waals surface area contributed by atoms with Crippen molar-refractivity contribution in [1.82, 2.24) is 10.2 Å². The fraction of sp³-hybridized carbons (Fsp3) is 0.762. The molecule has 1 aliphatic heterocycles. The number of hydrogen-bond acceptors (Lipinski definition) is 4. The van der Waals surface area contributed by atoms with Gasteiger partial charge in [0.05, 0.1) is 6.07 Å². The average Bonchev–Trinajstić information content (AvgIpc) is 2.65. The molecule has 5 nitrogen and oxygen atoms in total. The lowest BCUT2D eigenvalue weighted by molar-refractivity contribution is -0.128. The van der Waals surface area contributed by atoms with E-state index in [9.17, 15) is 9.59 Å². The highest BCUT2D eigenvalue weighted by Crippen LogP contribution is 2.28. The van der Waals surface area contributed by atoms with Crippen molar-refractivity contribution in [3.8, 4) is 6.07 Å². The van der Waals surface area contributed by atoms with Gasteiger partial charge in [-0.3, -0.25) is 9.69 Å². The summed E-state index contributed by atoms with van der Waals surface area (Å²) in [5, 5.41) is 11.7. The molecule has 0 aromatic heterocycles. The summed E-state index contributed by atoms with van der Waals surface area (Å²) >= 11 is 0. The number of carbonyl (C=O) groups is 2. The lowest BCUT2D eigenvalue weighted by Crippen LogP contribution is -2.43. The van der Waals surface area contributed by atoms with Crippen molar-refractivity contribution in [3.63, 3.8) is 0 Å². The van der Waals surface area contributed by atoms with Gasteiger partial charge in [-0.2, -0.15) is 5.26 Å². The summed E-state index contributed by atoms with van der Waals surface area (Å²) in [6.45, 7) is 4.85. The van der Waals surface area contributed by atoms with Crippen molar-refractivity contribution in [2.24, 2.45) is 11.8 Å². The zero-order valence-electron chi connectivity index (χ0n) is 16.1. The molecule has 1 atom stereocenters. The standard InChI is InChI=1S/C12H19NO2.C9H14N2/c14-8-9-4-6-10(7-5-9)12(15)13-11-2-1-3-11;1-8(7-10)9-5-3-4-6-11(9)2/h8-11H,1-7H2,(H,13,15);9H,1,3-6H2,2H3. The van der Waals surface area contributed by atoms with E-state index in [-0.39, 0.29) is 17.7 Å². The summed E-state index contributed by atoms with van der Waals surface area (Å²) in [4.78, 5) is 24.6. The van der Waals surface area contributed by atoms with Crippen molar-refractivity contribution in [2.75, 3.05) is 13.6 Å². The molecule has 26 heavy (non-hydrogen) atoms. The van der Waals surface area contributed by atoms with Gasteiger partial charge in [-0.25, -0.2) is 0 Å². The lowest BCUT2D eigenvalue weighted by atomic mass is 9.82. The number of nitrogens with one attached hydrogen (secondary N) is 1. The molecule has 0 aromatic rings. The first kappa shape index (κ1) is 20.6. The molecule has 0 spiro atoms. The minimum Gasteiger partial charge on any atom is -0.353 e. The molecule has 144 valence electrons. The van der Waals surface area contributed by atoms with Crippen LogP contribution in [0.3, 0.4) is 0 Å². The van der Waals surface area contributed by atoms with Gasteiger partial charge in [-0.1, -0.05) is 13.0 Å². The zero-order valence-corrected chi connectivity index (χ0v) is 16.1. The summed E-state index contributed by atoms with van der Waals surface area (Å²) in [5.74, 6) is 0.601. The van der Waals surface area contributed by atoms with Crippen molar-refractivity contribution < 1.29 is 9.59 Å². The molecule has 0 bridgehead atoms. The molecule has 1 saturated heterocycles. The summed E-state index contributed by atoms with van der Waals surface area (Å²) in [6, 6.07) is 2.89. The molecule has 3 fully saturated rings. The van der Waals surface area contributed by atoms with Gasteiger partial charge in [-0.15, -0.1) is 0 Å². The summed E-state index contributed by atoms with van der Waals surface area (Å²) < 4.78 is 0. The number of aldehydes is 1. The number of nitrogens with zero attached hydrogens (tertiary/aromatic N) is 2. The Bertz CT molecular complexity index is 528. The molecule has 0 radical (unpaired) electrons. The van der Waals surface area contributed by atoms with Gasteiger partial charge in [0, 0.05) is 29.5 Å². The Morgan fingerprint density at radius 3 is 2.31 bits per heavy atom. The Kier molecular flexibility index (Phi) is 8.31. The first-order chi connectivity index (χ1) is 12.5. The topological polar surface area (TPSA) is 73.2 Å². The van der Waals surface area contributed by atoms with E-state index >= 15 is 0 Å². The quantitative estimate of drug-likeness (QED) is 0.618. The van der Waals surface area contributed by atoms with Gasteiger partial charge < -0.3 is 10.1 Å². The van der Waals surface area contributed by atoms with Crippen LogP contribution in [0.1, 0.15) is 64.2 Å². The van der Waals surface area contributed by atoms with Crippen molar-refractivity contribution in [1.29, 1.82) is 5.26 Å². The van der Waals surface area contributed by atoms with Gasteiger partial charge in [-0.05, 0) is 71.4 Å². The Labute approximate surface area is 157 Å². The number of likely N-dealkylation sites (tertiary alicyclic amines) is 1. The number of nitriles is 1. The van der Waals surface area contributed by atoms with E-state index in [1.165, 1.54) is 19.3 Å². The van der Waals surface area contributed by atoms with Crippen LogP contribution in [0.2, 0.25) is 0 Å². The van der Waals surface area contributed by atoms with Crippen molar-refractivity contribution in [2.45, 2.75) is 76.3 Å². The largest absolute Gasteiger partial charge is 0.353 e. The third-order valence-corrected chi connectivity index (χ3v) is 6.10. The van der Waals surface area contributed by atoms with Crippen LogP contribution < -0.4 is 5.32 Å². The molecular weight excluding hydrogens is 326 g/mol. The number of amides is 1. The van der Waals surface area contributed by atoms with Gasteiger partial charge >= 0.3 is 0 Å². The fourth-order valence-corrected chi connectivity index (χ4v) is 3.98. The molecule has 2 saturated carbocycles. The summed E-state index contributed by atoms with van der Waals surface area (Å²) in [6.07, 6.45) is 11.8. The second-order valence-electron chi connectivity index (χ2n) is 8.01. The van der Waals surface area contributed by atoms with E-state index in [4.69, 9.17) is 5.26 Å². The molecule has 1 heterocycles. The third kappa shape index (κ3) is 5.95. The Balaban J connectivity index is 0.000000197. The maximum atomic E-state index is 11.8. The molecule has 0 aromatic carbocycles. The number of hydrogen-bond donors (Lipinski definition) is 1. The van der Waals surface area contributed by atoms with Gasteiger partial charge in [0.15, 0.2) is 0 Å². The average molecular weight is 360 g/mol. The first-order valence-corrected chi connectivity index (χ1v) is 10.1. The Hall–Kier alpha value is -1.67. The number of carbonyl (C=O) groups excluding carboxylic acids is 2. The highest BCUT2D eigenvalue weighted by atomic mass is 16.2. The smallest absolute Gasteiger partial charge is 0.223 e. The molecule has 1 unspecified atom stereocenters. The molecule has 3 aliphatic rings. The fourth-order valence-electron chi connectivity index (χ4n) is 3.98. The maximum Gasteiger partial charge on any atom is 0.223 e. The predicted octanol–water partition coefficient (Wildman–Crippen LogP) is 3.21. The molecule has 2 aliphatic carbocycles. The van der Waals surface area contributed by atoms with E-state index in [2.05, 4.69) is 29.9 Å². The highest BCUT2D eigenvalue weighted by Gasteiger charge is 2.28. The van der Waals surface area contributed by atoms with Crippen LogP contribution in [0.5, 0.6) is 0 Å². The second kappa shape index (κ2) is 10.5. The minimum atomic E-state index is 0.168. The van der Waals surface area contributed by atoms with E-state index in [1.807, 2.05) is 0 Å². The zero-order chi connectivity index (χ0) is 18.9. The second-order valence-corrected chi connectivity index (χ2v) is 8.01. The van der Waals surface area contributed by atoms with Crippen LogP contribution in [-0.4, -0.2) is 42.8 Å². The minimum absolute atomic E-state index is 0.168. The number of piperidine rings is 1. The van der Waals surface area contributed by atoms with E-state index in [0.29, 0.717) is 17.7 Å². The molecule has 1 amide bonds. The van der Waals surface area contributed by atoms with Crippen LogP contribution in [0.25, 0.3) is 0 Å². The van der Waals surface area contributed by atoms with E-state index in [1.54, 1.807) is 0 Å². The SMILES string of the molecule is C=C(C#N)C1CCCCN1C.O=CC1CCC(C(=O)NC2CCC2)CC1. The van der Waals surface area contributed by atoms with Crippen LogP contribution in [-0.2, 0) is 9.59 Å². The van der Waals surface area contributed by atoms with Gasteiger partial charge in [0.1, 0.15) is 6.29 Å². The Morgan fingerprint density at radius 2 is 1.81 bits per heavy atom. The lowest BCUT2D eigenvalue weighted by Gasteiger charge is -2.31. The molecule has 5 heteroatoms. The van der Waals surface area contributed by atoms with Crippen molar-refractivity contribution in [3.05, 3.63) is 12.2 Å². The van der Waals surface area contributed by atoms with E-state index < -0.39 is 0 Å². The van der Waals surface area contributed by atoms with Crippen molar-refractivity contribution >= 4 is 12.2 Å². The van der Waals surface area contributed by atoms with Crippen LogP contribution in [0.15, 0.2) is 12.2 Å². The van der Waals surface area contributed by atoms with Crippen LogP contribution >= 0.6 is 0 Å². The Morgan fingerprint density at radius 1 is 1.12 bits per heavy atom.